The number of carbonyl (C=O) groups is 1. The lowest BCUT2D eigenvalue weighted by Gasteiger charge is -2.38. The molecule has 1 atom stereocenters. The molecular formula is C20H26ClN5O. The molecule has 3 rings (SSSR count). The molecule has 0 unspecified atom stereocenters. The molecule has 2 heterocycles. The summed E-state index contributed by atoms with van der Waals surface area (Å²) in [5, 5.41) is 12.0. The molecule has 0 saturated carbocycles. The maximum Gasteiger partial charge on any atom is 0.317 e. The molecule has 1 aliphatic rings. The Morgan fingerprint density at radius 3 is 2.89 bits per heavy atom. The predicted octanol–water partition coefficient (Wildman–Crippen LogP) is 3.56. The van der Waals surface area contributed by atoms with Crippen LogP contribution in [-0.4, -0.2) is 47.3 Å². The third-order valence-corrected chi connectivity index (χ3v) is 5.55. The highest BCUT2D eigenvalue weighted by Crippen LogP contribution is 2.22. The lowest BCUT2D eigenvalue weighted by atomic mass is 10.0. The summed E-state index contributed by atoms with van der Waals surface area (Å²) in [6.45, 7) is 6.20. The van der Waals surface area contributed by atoms with E-state index in [4.69, 9.17) is 11.6 Å². The molecule has 0 spiro atoms. The number of rotatable bonds is 4. The molecule has 0 bridgehead atoms. The minimum absolute atomic E-state index is 0.0645. The van der Waals surface area contributed by atoms with Gasteiger partial charge in [0.15, 0.2) is 5.82 Å². The SMILES string of the molecule is Cc1cc(CNC(=O)N(C)[C@@H]2CCCN(c3nnccc3C)C2)ccc1Cl. The fourth-order valence-corrected chi connectivity index (χ4v) is 3.56. The molecule has 2 amide bonds. The van der Waals surface area contributed by atoms with Crippen molar-refractivity contribution in [2.24, 2.45) is 0 Å². The monoisotopic (exact) mass is 387 g/mol. The van der Waals surface area contributed by atoms with Crippen LogP contribution in [0.25, 0.3) is 0 Å². The molecule has 1 N–H and O–H groups in total. The van der Waals surface area contributed by atoms with E-state index in [9.17, 15) is 4.79 Å². The molecule has 1 aromatic carbocycles. The highest BCUT2D eigenvalue weighted by atomic mass is 35.5. The summed E-state index contributed by atoms with van der Waals surface area (Å²) in [6.07, 6.45) is 3.72. The number of amides is 2. The van der Waals surface area contributed by atoms with Crippen LogP contribution in [0.15, 0.2) is 30.5 Å². The summed E-state index contributed by atoms with van der Waals surface area (Å²) < 4.78 is 0. The smallest absolute Gasteiger partial charge is 0.317 e. The largest absolute Gasteiger partial charge is 0.353 e. The molecule has 0 aliphatic carbocycles. The maximum absolute atomic E-state index is 12.6. The number of nitrogens with zero attached hydrogens (tertiary/aromatic N) is 4. The van der Waals surface area contributed by atoms with Crippen LogP contribution in [0.2, 0.25) is 5.02 Å². The second kappa shape index (κ2) is 8.57. The van der Waals surface area contributed by atoms with Crippen molar-refractivity contribution in [1.82, 2.24) is 20.4 Å². The van der Waals surface area contributed by atoms with Gasteiger partial charge < -0.3 is 15.1 Å². The molecule has 6 nitrogen and oxygen atoms in total. The fourth-order valence-electron chi connectivity index (χ4n) is 3.45. The van der Waals surface area contributed by atoms with E-state index in [1.807, 2.05) is 45.2 Å². The van der Waals surface area contributed by atoms with E-state index in [2.05, 4.69) is 20.4 Å². The van der Waals surface area contributed by atoms with Crippen LogP contribution in [0, 0.1) is 13.8 Å². The van der Waals surface area contributed by atoms with E-state index < -0.39 is 0 Å². The van der Waals surface area contributed by atoms with Crippen molar-refractivity contribution in [1.29, 1.82) is 0 Å². The van der Waals surface area contributed by atoms with Crippen molar-refractivity contribution in [3.8, 4) is 0 Å². The zero-order valence-corrected chi connectivity index (χ0v) is 16.8. The Labute approximate surface area is 165 Å². The van der Waals surface area contributed by atoms with Crippen molar-refractivity contribution in [2.75, 3.05) is 25.0 Å². The Morgan fingerprint density at radius 1 is 1.33 bits per heavy atom. The summed E-state index contributed by atoms with van der Waals surface area (Å²) in [5.74, 6) is 0.910. The number of hydrogen-bond donors (Lipinski definition) is 1. The second-order valence-corrected chi connectivity index (χ2v) is 7.54. The maximum atomic E-state index is 12.6. The Hall–Kier alpha value is -2.34. The van der Waals surface area contributed by atoms with E-state index in [0.717, 1.165) is 53.5 Å². The van der Waals surface area contributed by atoms with Gasteiger partial charge in [-0.15, -0.1) is 5.10 Å². The minimum atomic E-state index is -0.0645. The molecule has 0 radical (unpaired) electrons. The number of aromatic nitrogens is 2. The number of nitrogens with one attached hydrogen (secondary N) is 1. The first-order valence-electron chi connectivity index (χ1n) is 9.24. The average molecular weight is 388 g/mol. The van der Waals surface area contributed by atoms with Gasteiger partial charge in [-0.2, -0.15) is 5.10 Å². The first kappa shape index (κ1) is 19.4. The first-order valence-corrected chi connectivity index (χ1v) is 9.62. The van der Waals surface area contributed by atoms with Gasteiger partial charge in [-0.3, -0.25) is 0 Å². The van der Waals surface area contributed by atoms with Crippen molar-refractivity contribution >= 4 is 23.4 Å². The molecule has 27 heavy (non-hydrogen) atoms. The van der Waals surface area contributed by atoms with Gasteiger partial charge in [-0.05, 0) is 55.5 Å². The summed E-state index contributed by atoms with van der Waals surface area (Å²) >= 11 is 6.06. The number of halogens is 1. The van der Waals surface area contributed by atoms with Crippen LogP contribution < -0.4 is 10.2 Å². The fraction of sp³-hybridized carbons (Fsp3) is 0.450. The number of likely N-dealkylation sites (N-methyl/N-ethyl adjacent to an activating group) is 1. The van der Waals surface area contributed by atoms with Crippen molar-refractivity contribution < 1.29 is 4.79 Å². The Kier molecular flexibility index (Phi) is 6.16. The zero-order valence-electron chi connectivity index (χ0n) is 16.1. The van der Waals surface area contributed by atoms with Gasteiger partial charge in [0.05, 0.1) is 12.2 Å². The quantitative estimate of drug-likeness (QED) is 0.871. The number of piperidine rings is 1. The van der Waals surface area contributed by atoms with E-state index in [1.165, 1.54) is 0 Å². The van der Waals surface area contributed by atoms with Crippen molar-refractivity contribution in [3.05, 3.63) is 52.2 Å². The lowest BCUT2D eigenvalue weighted by Crippen LogP contribution is -2.51. The number of carbonyl (C=O) groups excluding carboxylic acids is 1. The van der Waals surface area contributed by atoms with Crippen LogP contribution in [0.5, 0.6) is 0 Å². The minimum Gasteiger partial charge on any atom is -0.353 e. The van der Waals surface area contributed by atoms with Gasteiger partial charge in [-0.1, -0.05) is 23.7 Å². The summed E-state index contributed by atoms with van der Waals surface area (Å²) in [6, 6.07) is 7.86. The van der Waals surface area contributed by atoms with E-state index in [0.29, 0.717) is 6.54 Å². The molecule has 144 valence electrons. The number of benzene rings is 1. The first-order chi connectivity index (χ1) is 13.0. The number of anilines is 1. The highest BCUT2D eigenvalue weighted by molar-refractivity contribution is 6.31. The van der Waals surface area contributed by atoms with Crippen LogP contribution in [0.4, 0.5) is 10.6 Å². The standard InChI is InChI=1S/C20H26ClN5O/c1-14-8-9-23-24-19(14)26-10-4-5-17(13-26)25(3)20(27)22-12-16-6-7-18(21)15(2)11-16/h6-9,11,17H,4-5,10,12-13H2,1-3H3,(H,22,27)/t17-/m1/s1. The third-order valence-electron chi connectivity index (χ3n) is 5.13. The van der Waals surface area contributed by atoms with Gasteiger partial charge in [-0.25, -0.2) is 4.79 Å². The van der Waals surface area contributed by atoms with Crippen LogP contribution in [0.3, 0.4) is 0 Å². The normalized spacial score (nSPS) is 16.9. The number of hydrogen-bond acceptors (Lipinski definition) is 4. The van der Waals surface area contributed by atoms with Crippen molar-refractivity contribution in [2.45, 2.75) is 39.3 Å². The summed E-state index contributed by atoms with van der Waals surface area (Å²) in [5.41, 5.74) is 3.16. The Morgan fingerprint density at radius 2 is 2.15 bits per heavy atom. The molecule has 2 aromatic rings. The summed E-state index contributed by atoms with van der Waals surface area (Å²) in [7, 11) is 1.86. The molecular weight excluding hydrogens is 362 g/mol. The van der Waals surface area contributed by atoms with Gasteiger partial charge in [0.1, 0.15) is 0 Å². The lowest BCUT2D eigenvalue weighted by molar-refractivity contribution is 0.182. The van der Waals surface area contributed by atoms with Gasteiger partial charge in [0, 0.05) is 31.7 Å². The molecule has 1 aromatic heterocycles. The average Bonchev–Trinajstić information content (AvgIpc) is 2.68. The second-order valence-electron chi connectivity index (χ2n) is 7.13. The van der Waals surface area contributed by atoms with Crippen LogP contribution in [-0.2, 0) is 6.54 Å². The predicted molar refractivity (Wildman–Crippen MR) is 108 cm³/mol. The van der Waals surface area contributed by atoms with Gasteiger partial charge in [0.25, 0.3) is 0 Å². The third kappa shape index (κ3) is 4.69. The number of urea groups is 1. The topological polar surface area (TPSA) is 61.4 Å². The highest BCUT2D eigenvalue weighted by Gasteiger charge is 2.27. The van der Waals surface area contributed by atoms with E-state index in [-0.39, 0.29) is 12.1 Å². The molecule has 1 aliphatic heterocycles. The Bertz CT molecular complexity index is 813. The molecule has 7 heteroatoms. The van der Waals surface area contributed by atoms with Crippen molar-refractivity contribution in [3.63, 3.8) is 0 Å². The zero-order chi connectivity index (χ0) is 19.4. The van der Waals surface area contributed by atoms with Gasteiger partial charge in [0.2, 0.25) is 0 Å². The van der Waals surface area contributed by atoms with Crippen LogP contribution in [0.1, 0.15) is 29.5 Å². The molecule has 1 fully saturated rings. The van der Waals surface area contributed by atoms with E-state index >= 15 is 0 Å². The summed E-state index contributed by atoms with van der Waals surface area (Å²) in [4.78, 5) is 16.7. The van der Waals surface area contributed by atoms with E-state index in [1.54, 1.807) is 11.1 Å². The Balaban J connectivity index is 1.59. The van der Waals surface area contributed by atoms with Crippen LogP contribution >= 0.6 is 11.6 Å². The van der Waals surface area contributed by atoms with Gasteiger partial charge >= 0.3 is 6.03 Å². The molecule has 1 saturated heterocycles. The number of aryl methyl sites for hydroxylation is 2.